The predicted molar refractivity (Wildman–Crippen MR) is 126 cm³/mol. The Morgan fingerprint density at radius 1 is 1.24 bits per heavy atom. The van der Waals surface area contributed by atoms with E-state index < -0.39 is 32.1 Å². The van der Waals surface area contributed by atoms with Crippen LogP contribution in [-0.4, -0.2) is 57.3 Å². The molecule has 0 radical (unpaired) electrons. The van der Waals surface area contributed by atoms with Crippen LogP contribution in [0.15, 0.2) is 15.8 Å². The second kappa shape index (κ2) is 15.0. The summed E-state index contributed by atoms with van der Waals surface area (Å²) in [6, 6.07) is 2.32. The van der Waals surface area contributed by atoms with Gasteiger partial charge in [-0.1, -0.05) is 12.8 Å². The number of H-pyrrole nitrogens is 1. The van der Waals surface area contributed by atoms with Crippen molar-refractivity contribution in [2.45, 2.75) is 78.8 Å². The van der Waals surface area contributed by atoms with E-state index in [0.29, 0.717) is 6.42 Å². The summed E-state index contributed by atoms with van der Waals surface area (Å²) in [6.45, 7) is 11.4. The fourth-order valence-electron chi connectivity index (χ4n) is 3.10. The third kappa shape index (κ3) is 9.02. The first-order valence-electron chi connectivity index (χ1n) is 11.0. The quantitative estimate of drug-likeness (QED) is 0.235. The van der Waals surface area contributed by atoms with Gasteiger partial charge in [0.1, 0.15) is 17.9 Å². The lowest BCUT2D eigenvalue weighted by Gasteiger charge is -2.36. The Kier molecular flexibility index (Phi) is 13.2. The molecule has 1 aromatic heterocycles. The molecule has 0 spiro atoms. The smallest absolute Gasteiger partial charge is 0.330 e. The lowest BCUT2D eigenvalue weighted by atomic mass is 10.3. The molecule has 0 aliphatic rings. The van der Waals surface area contributed by atoms with E-state index in [0.717, 1.165) is 0 Å². The average molecular weight is 483 g/mol. The summed E-state index contributed by atoms with van der Waals surface area (Å²) >= 11 is 0. The molecule has 0 fully saturated rings. The summed E-state index contributed by atoms with van der Waals surface area (Å²) in [5.41, 5.74) is -1.04. The highest BCUT2D eigenvalue weighted by atomic mass is 31.2. The minimum atomic E-state index is -1.50. The summed E-state index contributed by atoms with van der Waals surface area (Å²) in [6.07, 6.45) is 0.504. The first-order valence-corrected chi connectivity index (χ1v) is 12.1. The van der Waals surface area contributed by atoms with E-state index in [1.807, 2.05) is 34.6 Å². The summed E-state index contributed by atoms with van der Waals surface area (Å²) in [4.78, 5) is 26.5. The van der Waals surface area contributed by atoms with E-state index in [-0.39, 0.29) is 43.9 Å². The number of nitrogens with one attached hydrogen (secondary N) is 1. The zero-order chi connectivity index (χ0) is 25.0. The van der Waals surface area contributed by atoms with Crippen molar-refractivity contribution >= 4 is 8.53 Å². The lowest BCUT2D eigenvalue weighted by Crippen LogP contribution is -2.38. The van der Waals surface area contributed by atoms with E-state index >= 15 is 0 Å². The molecule has 0 amide bonds. The average Bonchev–Trinajstić information content (AvgIpc) is 2.75. The number of nitrogens with zero attached hydrogens (tertiary/aromatic N) is 3. The molecule has 11 heteroatoms. The van der Waals surface area contributed by atoms with Crippen LogP contribution in [0.4, 0.5) is 0 Å². The van der Waals surface area contributed by atoms with Crippen LogP contribution in [0.2, 0.25) is 0 Å². The monoisotopic (exact) mass is 482 g/mol. The van der Waals surface area contributed by atoms with Crippen LogP contribution < -0.4 is 11.2 Å². The summed E-state index contributed by atoms with van der Waals surface area (Å²) < 4.78 is 21.2. The summed E-state index contributed by atoms with van der Waals surface area (Å²) in [5, 5.41) is 18.7. The second-order valence-electron chi connectivity index (χ2n) is 7.73. The third-order valence-electron chi connectivity index (χ3n) is 4.47. The molecule has 2 N–H and O–H groups in total. The van der Waals surface area contributed by atoms with Gasteiger partial charge in [0.05, 0.1) is 32.3 Å². The number of ether oxygens (including phenoxy) is 1. The van der Waals surface area contributed by atoms with Gasteiger partial charge in [-0.05, 0) is 41.0 Å². The molecule has 0 bridgehead atoms. The van der Waals surface area contributed by atoms with Gasteiger partial charge in [-0.15, -0.1) is 5.92 Å². The number of hydrogen-bond acceptors (Lipinski definition) is 8. The van der Waals surface area contributed by atoms with E-state index in [2.05, 4.69) is 27.6 Å². The Morgan fingerprint density at radius 3 is 2.42 bits per heavy atom. The van der Waals surface area contributed by atoms with E-state index in [1.165, 1.54) is 10.8 Å². The van der Waals surface area contributed by atoms with Crippen molar-refractivity contribution < 1.29 is 18.9 Å². The van der Waals surface area contributed by atoms with E-state index in [9.17, 15) is 14.7 Å². The van der Waals surface area contributed by atoms with Crippen LogP contribution >= 0.6 is 8.53 Å². The van der Waals surface area contributed by atoms with Crippen molar-refractivity contribution in [3.05, 3.63) is 32.6 Å². The molecular formula is C22H35N4O6P. The van der Waals surface area contributed by atoms with Gasteiger partial charge in [-0.3, -0.25) is 14.3 Å². The molecule has 0 saturated carbocycles. The minimum Gasteiger partial charge on any atom is -0.394 e. The van der Waals surface area contributed by atoms with Gasteiger partial charge >= 0.3 is 5.69 Å². The zero-order valence-corrected chi connectivity index (χ0v) is 21.1. The molecule has 1 heterocycles. The van der Waals surface area contributed by atoms with E-state index in [1.54, 1.807) is 6.92 Å². The molecule has 3 atom stereocenters. The Morgan fingerprint density at radius 2 is 1.91 bits per heavy atom. The van der Waals surface area contributed by atoms with Crippen LogP contribution in [0.5, 0.6) is 0 Å². The molecule has 1 rings (SSSR count). The molecule has 0 aromatic carbocycles. The molecule has 0 aliphatic heterocycles. The number of hydrogen-bond donors (Lipinski definition) is 2. The fraction of sp³-hybridized carbons (Fsp3) is 0.682. The first-order chi connectivity index (χ1) is 15.7. The fourth-order valence-corrected chi connectivity index (χ4v) is 4.74. The predicted octanol–water partition coefficient (Wildman–Crippen LogP) is 2.49. The van der Waals surface area contributed by atoms with Gasteiger partial charge < -0.3 is 18.9 Å². The Labute approximate surface area is 196 Å². The highest BCUT2D eigenvalue weighted by molar-refractivity contribution is 7.44. The zero-order valence-electron chi connectivity index (χ0n) is 20.2. The van der Waals surface area contributed by atoms with Crippen molar-refractivity contribution in [2.75, 3.05) is 19.8 Å². The molecule has 33 heavy (non-hydrogen) atoms. The highest BCUT2D eigenvalue weighted by Gasteiger charge is 2.29. The molecule has 1 unspecified atom stereocenters. The van der Waals surface area contributed by atoms with Crippen LogP contribution in [0, 0.1) is 23.2 Å². The molecule has 184 valence electrons. The second-order valence-corrected chi connectivity index (χ2v) is 9.18. The maximum atomic E-state index is 12.4. The van der Waals surface area contributed by atoms with Crippen molar-refractivity contribution in [1.82, 2.24) is 14.2 Å². The van der Waals surface area contributed by atoms with Crippen LogP contribution in [0.1, 0.15) is 66.2 Å². The van der Waals surface area contributed by atoms with Crippen LogP contribution in [0.3, 0.4) is 0 Å². The van der Waals surface area contributed by atoms with Gasteiger partial charge in [0.2, 0.25) is 0 Å². The number of aliphatic hydroxyl groups is 1. The Bertz CT molecular complexity index is 935. The normalized spacial score (nSPS) is 14.1. The lowest BCUT2D eigenvalue weighted by molar-refractivity contribution is -0.0942. The molecular weight excluding hydrogens is 447 g/mol. The highest BCUT2D eigenvalue weighted by Crippen LogP contribution is 2.46. The Balaban J connectivity index is 3.03. The Hall–Kier alpha value is -2.04. The molecule has 10 nitrogen and oxygen atoms in total. The van der Waals surface area contributed by atoms with Crippen LogP contribution in [-0.2, 0) is 13.8 Å². The third-order valence-corrected chi connectivity index (χ3v) is 6.55. The van der Waals surface area contributed by atoms with Crippen molar-refractivity contribution in [1.29, 1.82) is 5.26 Å². The molecule has 0 saturated heterocycles. The number of rotatable bonds is 14. The van der Waals surface area contributed by atoms with Crippen LogP contribution in [0.25, 0.3) is 0 Å². The molecule has 0 aliphatic carbocycles. The van der Waals surface area contributed by atoms with Gasteiger partial charge in [-0.2, -0.15) is 5.26 Å². The summed E-state index contributed by atoms with van der Waals surface area (Å²) in [7, 11) is -1.50. The largest absolute Gasteiger partial charge is 0.394 e. The molecule has 1 aromatic rings. The number of nitriles is 1. The summed E-state index contributed by atoms with van der Waals surface area (Å²) in [5.74, 6) is 5.30. The maximum Gasteiger partial charge on any atom is 0.330 e. The van der Waals surface area contributed by atoms with Gasteiger partial charge in [0.25, 0.3) is 14.1 Å². The number of aliphatic hydroxyl groups excluding tert-OH is 1. The SMILES string of the molecule is CC#Cc1cn([C@@H](CC)O[C@H](CO)COP(OCCC#N)N(C(C)C)C(C)C)c(=O)[nH]c1=O. The van der Waals surface area contributed by atoms with Crippen molar-refractivity contribution in [2.24, 2.45) is 0 Å². The van der Waals surface area contributed by atoms with Crippen molar-refractivity contribution in [3.63, 3.8) is 0 Å². The van der Waals surface area contributed by atoms with Gasteiger partial charge in [0, 0.05) is 18.3 Å². The number of aromatic amines is 1. The topological polar surface area (TPSA) is 130 Å². The van der Waals surface area contributed by atoms with Gasteiger partial charge in [0.15, 0.2) is 0 Å². The standard InChI is InChI=1S/C22H35N4O6P/c1-7-10-18-13-25(22(29)24-21(18)28)20(8-2)32-19(14-27)15-31-33(30-12-9-11-23)26(16(3)4)17(5)6/h13,16-17,19-20,27H,8-9,12,14-15H2,1-6H3,(H,24,28,29)/t19-,20-,33?/m1/s1. The van der Waals surface area contributed by atoms with Gasteiger partial charge in [-0.25, -0.2) is 9.46 Å². The van der Waals surface area contributed by atoms with Crippen molar-refractivity contribution in [3.8, 4) is 17.9 Å². The number of aromatic nitrogens is 2. The maximum absolute atomic E-state index is 12.4. The minimum absolute atomic E-state index is 0.0148. The van der Waals surface area contributed by atoms with E-state index in [4.69, 9.17) is 19.0 Å². The first kappa shape index (κ1) is 29.0.